The molecule has 80 valence electrons. The summed E-state index contributed by atoms with van der Waals surface area (Å²) in [4.78, 5) is 22.0. The number of benzene rings is 1. The molecule has 0 aliphatic heterocycles. The van der Waals surface area contributed by atoms with Crippen LogP contribution in [0.1, 0.15) is 31.1 Å². The fourth-order valence-electron chi connectivity index (χ4n) is 1.12. The first-order chi connectivity index (χ1) is 6.92. The van der Waals surface area contributed by atoms with Crippen molar-refractivity contribution < 1.29 is 4.79 Å². The van der Waals surface area contributed by atoms with E-state index in [2.05, 4.69) is 10.5 Å². The van der Waals surface area contributed by atoms with E-state index in [1.807, 2.05) is 20.8 Å². The minimum atomic E-state index is -0.290. The van der Waals surface area contributed by atoms with Gasteiger partial charge in [-0.2, -0.15) is 0 Å². The Morgan fingerprint density at radius 2 is 2.00 bits per heavy atom. The van der Waals surface area contributed by atoms with E-state index >= 15 is 0 Å². The molecule has 0 bridgehead atoms. The van der Waals surface area contributed by atoms with Gasteiger partial charge in [-0.25, -0.2) is 0 Å². The third kappa shape index (κ3) is 3.50. The molecule has 1 N–H and O–H groups in total. The lowest BCUT2D eigenvalue weighted by Crippen LogP contribution is -2.40. The minimum Gasteiger partial charge on any atom is -0.347 e. The molecule has 1 aromatic rings. The van der Waals surface area contributed by atoms with E-state index in [-0.39, 0.29) is 17.1 Å². The zero-order valence-electron chi connectivity index (χ0n) is 9.07. The van der Waals surface area contributed by atoms with Crippen LogP contribution in [0.2, 0.25) is 0 Å². The highest BCUT2D eigenvalue weighted by atomic mass is 16.3. The van der Waals surface area contributed by atoms with Gasteiger partial charge in [0.1, 0.15) is 5.69 Å². The van der Waals surface area contributed by atoms with Gasteiger partial charge in [-0.1, -0.05) is 6.07 Å². The van der Waals surface area contributed by atoms with E-state index in [1.54, 1.807) is 18.2 Å². The molecule has 1 amide bonds. The van der Waals surface area contributed by atoms with Gasteiger partial charge >= 0.3 is 0 Å². The Bertz CT molecular complexity index is 380. The summed E-state index contributed by atoms with van der Waals surface area (Å²) in [7, 11) is 0. The number of nitrogens with one attached hydrogen (secondary N) is 1. The number of carbonyl (C=O) groups is 1. The second-order valence-corrected chi connectivity index (χ2v) is 4.35. The van der Waals surface area contributed by atoms with Gasteiger partial charge in [0, 0.05) is 11.1 Å². The molecular formula is C11H14N2O2. The molecule has 0 fully saturated rings. The fourth-order valence-corrected chi connectivity index (χ4v) is 1.12. The predicted octanol–water partition coefficient (Wildman–Crippen LogP) is 2.61. The highest BCUT2D eigenvalue weighted by Crippen LogP contribution is 2.14. The van der Waals surface area contributed by atoms with Gasteiger partial charge in [0.05, 0.1) is 0 Å². The lowest BCUT2D eigenvalue weighted by molar-refractivity contribution is 0.0919. The van der Waals surface area contributed by atoms with Crippen molar-refractivity contribution in [1.82, 2.24) is 5.32 Å². The standard InChI is InChI=1S/C11H14N2O2/c1-11(2,3)12-10(14)8-5-4-6-9(7-8)13-15/h4-7H,1-3H3,(H,12,14). The first kappa shape index (κ1) is 11.4. The normalized spacial score (nSPS) is 10.9. The van der Waals surface area contributed by atoms with Crippen LogP contribution < -0.4 is 5.32 Å². The minimum absolute atomic E-state index is 0.201. The molecule has 0 aliphatic rings. The third-order valence-electron chi connectivity index (χ3n) is 1.70. The van der Waals surface area contributed by atoms with Crippen LogP contribution >= 0.6 is 0 Å². The monoisotopic (exact) mass is 206 g/mol. The Balaban J connectivity index is 2.87. The maximum atomic E-state index is 11.7. The molecule has 0 unspecified atom stereocenters. The van der Waals surface area contributed by atoms with Gasteiger partial charge in [-0.3, -0.25) is 4.79 Å². The molecule has 0 aromatic heterocycles. The average molecular weight is 206 g/mol. The molecule has 15 heavy (non-hydrogen) atoms. The van der Waals surface area contributed by atoms with Crippen LogP contribution in [0.3, 0.4) is 0 Å². The van der Waals surface area contributed by atoms with Crippen molar-refractivity contribution in [2.24, 2.45) is 5.18 Å². The second kappa shape index (κ2) is 4.21. The van der Waals surface area contributed by atoms with Gasteiger partial charge in [0.15, 0.2) is 0 Å². The summed E-state index contributed by atoms with van der Waals surface area (Å²) in [6.07, 6.45) is 0. The SMILES string of the molecule is CC(C)(C)NC(=O)c1cccc(N=O)c1. The van der Waals surface area contributed by atoms with Crippen LogP contribution in [0.15, 0.2) is 29.4 Å². The lowest BCUT2D eigenvalue weighted by atomic mass is 10.1. The number of carbonyl (C=O) groups excluding carboxylic acids is 1. The van der Waals surface area contributed by atoms with E-state index in [0.29, 0.717) is 5.56 Å². The van der Waals surface area contributed by atoms with Crippen molar-refractivity contribution in [3.8, 4) is 0 Å². The molecule has 4 nitrogen and oxygen atoms in total. The summed E-state index contributed by atoms with van der Waals surface area (Å²) in [5, 5.41) is 5.58. The second-order valence-electron chi connectivity index (χ2n) is 4.35. The highest BCUT2D eigenvalue weighted by molar-refractivity contribution is 5.95. The van der Waals surface area contributed by atoms with Crippen LogP contribution in [-0.2, 0) is 0 Å². The Morgan fingerprint density at radius 3 is 2.53 bits per heavy atom. The zero-order valence-corrected chi connectivity index (χ0v) is 9.07. The number of rotatable bonds is 2. The average Bonchev–Trinajstić information content (AvgIpc) is 2.15. The topological polar surface area (TPSA) is 58.5 Å². The summed E-state index contributed by atoms with van der Waals surface area (Å²) >= 11 is 0. The summed E-state index contributed by atoms with van der Waals surface area (Å²) < 4.78 is 0. The number of hydrogen-bond donors (Lipinski definition) is 1. The van der Waals surface area contributed by atoms with E-state index in [9.17, 15) is 9.70 Å². The van der Waals surface area contributed by atoms with Crippen molar-refractivity contribution >= 4 is 11.6 Å². The maximum Gasteiger partial charge on any atom is 0.251 e. The molecule has 0 heterocycles. The molecule has 0 saturated carbocycles. The van der Waals surface area contributed by atoms with Crippen LogP contribution in [0.4, 0.5) is 5.69 Å². The Morgan fingerprint density at radius 1 is 1.33 bits per heavy atom. The van der Waals surface area contributed by atoms with Gasteiger partial charge in [0.2, 0.25) is 0 Å². The van der Waals surface area contributed by atoms with E-state index < -0.39 is 0 Å². The molecule has 4 heteroatoms. The summed E-state index contributed by atoms with van der Waals surface area (Å²) in [5.74, 6) is -0.201. The summed E-state index contributed by atoms with van der Waals surface area (Å²) in [6.45, 7) is 5.69. The summed E-state index contributed by atoms with van der Waals surface area (Å²) in [6, 6.07) is 6.30. The Hall–Kier alpha value is -1.71. The zero-order chi connectivity index (χ0) is 11.5. The number of nitroso groups, excluding NO2 is 1. The van der Waals surface area contributed by atoms with Gasteiger partial charge in [0.25, 0.3) is 5.91 Å². The third-order valence-corrected chi connectivity index (χ3v) is 1.70. The lowest BCUT2D eigenvalue weighted by Gasteiger charge is -2.20. The van der Waals surface area contributed by atoms with Gasteiger partial charge in [-0.15, -0.1) is 4.91 Å². The quantitative estimate of drug-likeness (QED) is 0.756. The molecule has 1 rings (SSSR count). The van der Waals surface area contributed by atoms with Gasteiger partial charge < -0.3 is 5.32 Å². The number of nitrogens with zero attached hydrogens (tertiary/aromatic N) is 1. The van der Waals surface area contributed by atoms with Gasteiger partial charge in [-0.05, 0) is 44.1 Å². The van der Waals surface area contributed by atoms with Crippen molar-refractivity contribution in [2.45, 2.75) is 26.3 Å². The van der Waals surface area contributed by atoms with Crippen molar-refractivity contribution in [3.63, 3.8) is 0 Å². The molecule has 0 atom stereocenters. The molecule has 0 aliphatic carbocycles. The highest BCUT2D eigenvalue weighted by Gasteiger charge is 2.15. The maximum absolute atomic E-state index is 11.7. The van der Waals surface area contributed by atoms with Crippen LogP contribution in [-0.4, -0.2) is 11.4 Å². The van der Waals surface area contributed by atoms with Crippen LogP contribution in [0.5, 0.6) is 0 Å². The Kier molecular flexibility index (Phi) is 3.19. The van der Waals surface area contributed by atoms with E-state index in [1.165, 1.54) is 6.07 Å². The van der Waals surface area contributed by atoms with Crippen molar-refractivity contribution in [2.75, 3.05) is 0 Å². The molecule has 1 aromatic carbocycles. The fraction of sp³-hybridized carbons (Fsp3) is 0.364. The first-order valence-electron chi connectivity index (χ1n) is 4.68. The van der Waals surface area contributed by atoms with E-state index in [0.717, 1.165) is 0 Å². The first-order valence-corrected chi connectivity index (χ1v) is 4.68. The van der Waals surface area contributed by atoms with Crippen molar-refractivity contribution in [3.05, 3.63) is 34.7 Å². The van der Waals surface area contributed by atoms with Crippen molar-refractivity contribution in [1.29, 1.82) is 0 Å². The predicted molar refractivity (Wildman–Crippen MR) is 59.1 cm³/mol. The van der Waals surface area contributed by atoms with Crippen LogP contribution in [0, 0.1) is 4.91 Å². The van der Waals surface area contributed by atoms with Crippen LogP contribution in [0.25, 0.3) is 0 Å². The smallest absolute Gasteiger partial charge is 0.251 e. The summed E-state index contributed by atoms with van der Waals surface area (Å²) in [5.41, 5.74) is 0.417. The van der Waals surface area contributed by atoms with E-state index in [4.69, 9.17) is 0 Å². The Labute approximate surface area is 88.7 Å². The molecule has 0 spiro atoms. The number of hydrogen-bond acceptors (Lipinski definition) is 3. The number of amides is 1. The largest absolute Gasteiger partial charge is 0.347 e. The molecule has 0 radical (unpaired) electrons. The molecule has 0 saturated heterocycles. The molecular weight excluding hydrogens is 192 g/mol.